The lowest BCUT2D eigenvalue weighted by Crippen LogP contribution is -2.31. The Balaban J connectivity index is 1.63. The molecule has 3 aromatic heterocycles. The highest BCUT2D eigenvalue weighted by molar-refractivity contribution is 5.93. The molecule has 0 N–H and O–H groups in total. The van der Waals surface area contributed by atoms with E-state index in [0.717, 1.165) is 31.9 Å². The van der Waals surface area contributed by atoms with Crippen molar-refractivity contribution >= 4 is 16.7 Å². The van der Waals surface area contributed by atoms with Gasteiger partial charge in [-0.25, -0.2) is 4.98 Å². The van der Waals surface area contributed by atoms with E-state index in [2.05, 4.69) is 70.8 Å². The minimum Gasteiger partial charge on any atom is -0.350 e. The second-order valence-electron chi connectivity index (χ2n) is 7.62. The van der Waals surface area contributed by atoms with Crippen LogP contribution in [0.25, 0.3) is 10.9 Å². The number of anilines is 1. The molecular weight excluding hydrogens is 344 g/mol. The second kappa shape index (κ2) is 6.79. The summed E-state index contributed by atoms with van der Waals surface area (Å²) in [5.41, 5.74) is 8.02. The van der Waals surface area contributed by atoms with Crippen LogP contribution in [0.2, 0.25) is 0 Å². The number of aromatic nitrogens is 3. The van der Waals surface area contributed by atoms with E-state index in [0.29, 0.717) is 0 Å². The number of aryl methyl sites for hydroxylation is 1. The topological polar surface area (TPSA) is 34.0 Å². The van der Waals surface area contributed by atoms with Gasteiger partial charge in [-0.3, -0.25) is 4.98 Å². The molecule has 1 aromatic carbocycles. The Hall–Kier alpha value is -3.14. The fourth-order valence-electron chi connectivity index (χ4n) is 4.35. The molecule has 1 aliphatic heterocycles. The summed E-state index contributed by atoms with van der Waals surface area (Å²) in [4.78, 5) is 11.4. The number of fused-ring (bicyclic) bond motifs is 2. The molecule has 0 radical (unpaired) electrons. The van der Waals surface area contributed by atoms with Crippen LogP contribution in [0, 0.1) is 13.8 Å². The summed E-state index contributed by atoms with van der Waals surface area (Å²) in [6.45, 7) is 7.19. The zero-order chi connectivity index (χ0) is 19.1. The first kappa shape index (κ1) is 17.0. The smallest absolute Gasteiger partial charge is 0.153 e. The number of rotatable bonds is 3. The summed E-state index contributed by atoms with van der Waals surface area (Å²) in [7, 11) is 0. The molecule has 0 aliphatic carbocycles. The Kier molecular flexibility index (Phi) is 4.12. The van der Waals surface area contributed by atoms with Crippen molar-refractivity contribution in [3.63, 3.8) is 0 Å². The fraction of sp³-hybridized carbons (Fsp3) is 0.250. The summed E-state index contributed by atoms with van der Waals surface area (Å²) < 4.78 is 2.42. The highest BCUT2D eigenvalue weighted by Gasteiger charge is 2.22. The molecular formula is C24H24N4. The first-order chi connectivity index (χ1) is 13.7. The van der Waals surface area contributed by atoms with Gasteiger partial charge in [-0.2, -0.15) is 0 Å². The highest BCUT2D eigenvalue weighted by atomic mass is 15.2. The van der Waals surface area contributed by atoms with Gasteiger partial charge in [0.25, 0.3) is 0 Å². The normalized spacial score (nSPS) is 13.7. The van der Waals surface area contributed by atoms with Crippen LogP contribution in [0.5, 0.6) is 0 Å². The molecule has 0 bridgehead atoms. The van der Waals surface area contributed by atoms with Gasteiger partial charge in [-0.05, 0) is 60.7 Å². The van der Waals surface area contributed by atoms with Gasteiger partial charge in [0, 0.05) is 49.3 Å². The van der Waals surface area contributed by atoms with Crippen LogP contribution in [0.15, 0.2) is 61.1 Å². The lowest BCUT2D eigenvalue weighted by molar-refractivity contribution is 0.717. The van der Waals surface area contributed by atoms with Crippen molar-refractivity contribution in [3.05, 3.63) is 89.0 Å². The molecule has 4 nitrogen and oxygen atoms in total. The van der Waals surface area contributed by atoms with Crippen molar-refractivity contribution in [1.82, 2.24) is 14.5 Å². The molecule has 4 aromatic rings. The van der Waals surface area contributed by atoms with Gasteiger partial charge in [0.15, 0.2) is 5.82 Å². The molecule has 0 unspecified atom stereocenters. The van der Waals surface area contributed by atoms with Gasteiger partial charge in [-0.15, -0.1) is 0 Å². The van der Waals surface area contributed by atoms with Gasteiger partial charge in [0.2, 0.25) is 0 Å². The van der Waals surface area contributed by atoms with Crippen LogP contribution >= 0.6 is 0 Å². The van der Waals surface area contributed by atoms with Crippen LogP contribution in [0.3, 0.4) is 0 Å². The minimum atomic E-state index is 0.835. The Bertz CT molecular complexity index is 1140. The Morgan fingerprint density at radius 3 is 2.54 bits per heavy atom. The molecule has 0 saturated heterocycles. The first-order valence-corrected chi connectivity index (χ1v) is 9.87. The third-order valence-corrected chi connectivity index (χ3v) is 6.05. The first-order valence-electron chi connectivity index (χ1n) is 9.87. The van der Waals surface area contributed by atoms with Crippen molar-refractivity contribution in [2.45, 2.75) is 33.4 Å². The van der Waals surface area contributed by atoms with Crippen molar-refractivity contribution in [2.75, 3.05) is 11.4 Å². The average Bonchev–Trinajstić information content (AvgIpc) is 2.99. The molecule has 1 aliphatic rings. The van der Waals surface area contributed by atoms with Crippen molar-refractivity contribution in [3.8, 4) is 0 Å². The molecule has 0 spiro atoms. The number of benzene rings is 1. The summed E-state index contributed by atoms with van der Waals surface area (Å²) >= 11 is 0. The van der Waals surface area contributed by atoms with Crippen LogP contribution in [-0.4, -0.2) is 21.1 Å². The predicted molar refractivity (Wildman–Crippen MR) is 114 cm³/mol. The van der Waals surface area contributed by atoms with E-state index in [4.69, 9.17) is 4.98 Å². The number of nitrogens with zero attached hydrogens (tertiary/aromatic N) is 4. The summed E-state index contributed by atoms with van der Waals surface area (Å²) in [6, 6.07) is 15.1. The Morgan fingerprint density at radius 2 is 1.71 bits per heavy atom. The van der Waals surface area contributed by atoms with E-state index in [9.17, 15) is 0 Å². The Labute approximate surface area is 165 Å². The van der Waals surface area contributed by atoms with Gasteiger partial charge >= 0.3 is 0 Å². The van der Waals surface area contributed by atoms with Gasteiger partial charge in [0.05, 0.1) is 5.52 Å². The lowest BCUT2D eigenvalue weighted by Gasteiger charge is -2.30. The average molecular weight is 368 g/mol. The number of hydrogen-bond acceptors (Lipinski definition) is 3. The van der Waals surface area contributed by atoms with E-state index in [1.54, 1.807) is 0 Å². The molecule has 0 saturated carbocycles. The van der Waals surface area contributed by atoms with E-state index in [-0.39, 0.29) is 0 Å². The molecule has 0 amide bonds. The van der Waals surface area contributed by atoms with Gasteiger partial charge < -0.3 is 9.47 Å². The largest absolute Gasteiger partial charge is 0.350 e. The molecule has 0 atom stereocenters. The number of hydrogen-bond donors (Lipinski definition) is 0. The highest BCUT2D eigenvalue weighted by Crippen LogP contribution is 2.34. The zero-order valence-electron chi connectivity index (χ0n) is 16.4. The summed E-state index contributed by atoms with van der Waals surface area (Å²) in [5.74, 6) is 1.09. The summed E-state index contributed by atoms with van der Waals surface area (Å²) in [5, 5.41) is 1.30. The van der Waals surface area contributed by atoms with Crippen LogP contribution in [0.4, 0.5) is 5.82 Å². The maximum atomic E-state index is 4.85. The quantitative estimate of drug-likeness (QED) is 0.527. The van der Waals surface area contributed by atoms with Crippen molar-refractivity contribution in [1.29, 1.82) is 0 Å². The third kappa shape index (κ3) is 2.76. The molecule has 4 heterocycles. The number of pyridine rings is 2. The molecule has 5 rings (SSSR count). The zero-order valence-corrected chi connectivity index (χ0v) is 16.4. The van der Waals surface area contributed by atoms with Crippen molar-refractivity contribution in [2.24, 2.45) is 0 Å². The Morgan fingerprint density at radius 1 is 0.929 bits per heavy atom. The maximum Gasteiger partial charge on any atom is 0.153 e. The minimum absolute atomic E-state index is 0.835. The van der Waals surface area contributed by atoms with E-state index >= 15 is 0 Å². The monoisotopic (exact) mass is 368 g/mol. The second-order valence-corrected chi connectivity index (χ2v) is 7.62. The van der Waals surface area contributed by atoms with Crippen LogP contribution in [-0.2, 0) is 19.5 Å². The van der Waals surface area contributed by atoms with E-state index < -0.39 is 0 Å². The lowest BCUT2D eigenvalue weighted by atomic mass is 10.00. The SMILES string of the molecule is Cc1c(C)n(Cc2ccncc2)c2c(N3CCc4ccccc4C3)nccc12. The standard InChI is InChI=1S/C24H24N4/c1-17-18(2)28(15-19-7-11-25-12-8-19)23-22(17)9-13-26-24(23)27-14-10-20-5-3-4-6-21(20)16-27/h3-9,11-13H,10,14-16H2,1-2H3. The van der Waals surface area contributed by atoms with Crippen LogP contribution < -0.4 is 4.90 Å². The third-order valence-electron chi connectivity index (χ3n) is 6.05. The van der Waals surface area contributed by atoms with Gasteiger partial charge in [-0.1, -0.05) is 24.3 Å². The molecule has 4 heteroatoms. The van der Waals surface area contributed by atoms with E-state index in [1.807, 2.05) is 18.6 Å². The van der Waals surface area contributed by atoms with Crippen LogP contribution in [0.1, 0.15) is 27.9 Å². The van der Waals surface area contributed by atoms with Gasteiger partial charge in [0.1, 0.15) is 0 Å². The molecule has 0 fully saturated rings. The molecule has 28 heavy (non-hydrogen) atoms. The van der Waals surface area contributed by atoms with E-state index in [1.165, 1.54) is 38.9 Å². The maximum absolute atomic E-state index is 4.85. The molecule has 140 valence electrons. The predicted octanol–water partition coefficient (Wildman–Crippen LogP) is 4.66. The fourth-order valence-corrected chi connectivity index (χ4v) is 4.35. The van der Waals surface area contributed by atoms with Crippen molar-refractivity contribution < 1.29 is 0 Å². The summed E-state index contributed by atoms with van der Waals surface area (Å²) in [6.07, 6.45) is 6.76.